The minimum Gasteiger partial charge on any atom is -0.337 e. The molecular formula is C39H20O2. The average Bonchev–Trinajstić information content (AvgIpc) is 3.80. The van der Waals surface area contributed by atoms with Crippen molar-refractivity contribution in [3.05, 3.63) is 105 Å². The molecule has 4 aliphatic carbocycles. The number of aryl methyl sites for hydroxylation is 2. The summed E-state index contributed by atoms with van der Waals surface area (Å²) >= 11 is 0. The van der Waals surface area contributed by atoms with Gasteiger partial charge in [-0.05, 0) is 146 Å². The van der Waals surface area contributed by atoms with Gasteiger partial charge in [-0.2, -0.15) is 0 Å². The highest BCUT2D eigenvalue weighted by Crippen LogP contribution is 2.66. The van der Waals surface area contributed by atoms with Crippen LogP contribution in [-0.4, -0.2) is 0 Å². The Hall–Kier alpha value is -4.24. The van der Waals surface area contributed by atoms with Crippen molar-refractivity contribution in [3.8, 4) is 0 Å². The molecule has 1 fully saturated rings. The number of ether oxygens (including phenoxy) is 2. The van der Waals surface area contributed by atoms with Crippen molar-refractivity contribution < 1.29 is 9.47 Å². The van der Waals surface area contributed by atoms with E-state index in [0.29, 0.717) is 0 Å². The summed E-state index contributed by atoms with van der Waals surface area (Å²) in [6.07, 6.45) is 3.90. The first kappa shape index (κ1) is 19.0. The van der Waals surface area contributed by atoms with Crippen molar-refractivity contribution in [2.24, 2.45) is 0 Å². The molecule has 1 saturated heterocycles. The van der Waals surface area contributed by atoms with Crippen LogP contribution in [0.5, 0.6) is 0 Å². The van der Waals surface area contributed by atoms with Gasteiger partial charge in [0, 0.05) is 5.56 Å². The maximum atomic E-state index is 6.91. The lowest BCUT2D eigenvalue weighted by Gasteiger charge is -2.26. The quantitative estimate of drug-likeness (QED) is 0.201. The monoisotopic (exact) mass is 520 g/mol. The molecular weight excluding hydrogens is 500 g/mol. The number of benzene rings is 7. The Morgan fingerprint density at radius 1 is 0.415 bits per heavy atom. The molecule has 0 aromatic heterocycles. The first-order valence-electron chi connectivity index (χ1n) is 15.2. The predicted molar refractivity (Wildman–Crippen MR) is 164 cm³/mol. The first-order valence-corrected chi connectivity index (χ1v) is 15.2. The molecule has 2 nitrogen and oxygen atoms in total. The van der Waals surface area contributed by atoms with Crippen LogP contribution in [0.15, 0.2) is 54.6 Å². The predicted octanol–water partition coefficient (Wildman–Crippen LogP) is 9.26. The van der Waals surface area contributed by atoms with Crippen LogP contribution < -0.4 is 0 Å². The molecule has 2 heteroatoms. The van der Waals surface area contributed by atoms with Crippen molar-refractivity contribution >= 4 is 75.4 Å². The van der Waals surface area contributed by atoms with Gasteiger partial charge in [-0.15, -0.1) is 0 Å². The molecule has 2 atom stereocenters. The standard InChI is InChI=1S/C39H20O2/c1-2-4-14(5-3-1)39-40-37-21-12-19-10-17-8-15-6-7-16-9-18-11-20-13-22(38(37)41-39)30-29(21)33-27(19)25(17)31-23(15)24(16)32-26(18)28(20)34(30)36(33)35(31)32/h1-5,8-9,12-13,37-39H,6-7,10-11H2. The van der Waals surface area contributed by atoms with E-state index in [1.54, 1.807) is 76.1 Å². The van der Waals surface area contributed by atoms with E-state index >= 15 is 0 Å². The van der Waals surface area contributed by atoms with Gasteiger partial charge in [0.25, 0.3) is 0 Å². The van der Waals surface area contributed by atoms with Crippen LogP contribution in [0.1, 0.15) is 68.6 Å². The van der Waals surface area contributed by atoms with E-state index in [1.807, 2.05) is 0 Å². The molecule has 1 heterocycles. The Balaban J connectivity index is 1.28. The molecule has 0 saturated carbocycles. The third kappa shape index (κ3) is 1.66. The van der Waals surface area contributed by atoms with Crippen LogP contribution in [0.4, 0.5) is 0 Å². The van der Waals surface area contributed by atoms with E-state index in [2.05, 4.69) is 54.6 Å². The number of fused-ring (bicyclic) bond motifs is 3. The van der Waals surface area contributed by atoms with Gasteiger partial charge in [0.2, 0.25) is 0 Å². The third-order valence-corrected chi connectivity index (χ3v) is 12.0. The van der Waals surface area contributed by atoms with E-state index < -0.39 is 0 Å². The summed E-state index contributed by atoms with van der Waals surface area (Å²) in [6, 6.07) is 20.8. The van der Waals surface area contributed by atoms with E-state index in [9.17, 15) is 0 Å². The van der Waals surface area contributed by atoms with Crippen molar-refractivity contribution in [1.29, 1.82) is 0 Å². The Labute approximate surface area is 233 Å². The fourth-order valence-electron chi connectivity index (χ4n) is 10.9. The molecule has 0 spiro atoms. The Kier molecular flexibility index (Phi) is 2.54. The summed E-state index contributed by atoms with van der Waals surface area (Å²) in [6.45, 7) is 0. The fourth-order valence-corrected chi connectivity index (χ4v) is 10.9. The highest BCUT2D eigenvalue weighted by molar-refractivity contribution is 6.56. The molecule has 14 rings (SSSR count). The fraction of sp³-hybridized carbons (Fsp3) is 0.179. The topological polar surface area (TPSA) is 18.5 Å². The first-order chi connectivity index (χ1) is 20.3. The molecule has 0 radical (unpaired) electrons. The van der Waals surface area contributed by atoms with Crippen LogP contribution in [0.3, 0.4) is 0 Å². The molecule has 0 bridgehead atoms. The second-order valence-corrected chi connectivity index (χ2v) is 13.6. The van der Waals surface area contributed by atoms with Crippen molar-refractivity contribution in [2.45, 2.75) is 44.2 Å². The molecule has 1 aliphatic heterocycles. The van der Waals surface area contributed by atoms with Gasteiger partial charge >= 0.3 is 0 Å². The van der Waals surface area contributed by atoms with Gasteiger partial charge in [0.05, 0.1) is 0 Å². The number of hydrogen-bond acceptors (Lipinski definition) is 2. The van der Waals surface area contributed by atoms with Crippen LogP contribution in [-0.2, 0) is 35.2 Å². The minimum absolute atomic E-state index is 0.0859. The Morgan fingerprint density at radius 3 is 1.34 bits per heavy atom. The van der Waals surface area contributed by atoms with Crippen LogP contribution in [0.2, 0.25) is 0 Å². The summed E-state index contributed by atoms with van der Waals surface area (Å²) in [4.78, 5) is 0. The van der Waals surface area contributed by atoms with Crippen LogP contribution >= 0.6 is 0 Å². The molecule has 188 valence electrons. The zero-order valence-corrected chi connectivity index (χ0v) is 22.1. The zero-order chi connectivity index (χ0) is 25.6. The zero-order valence-electron chi connectivity index (χ0n) is 22.1. The van der Waals surface area contributed by atoms with Gasteiger partial charge in [-0.1, -0.05) is 54.6 Å². The Morgan fingerprint density at radius 2 is 0.829 bits per heavy atom. The van der Waals surface area contributed by atoms with Gasteiger partial charge in [0.15, 0.2) is 6.29 Å². The third-order valence-electron chi connectivity index (χ3n) is 12.0. The molecule has 0 N–H and O–H groups in total. The summed E-state index contributed by atoms with van der Waals surface area (Å²) in [5.41, 5.74) is 13.1. The number of hydrogen-bond donors (Lipinski definition) is 0. The molecule has 5 aliphatic rings. The van der Waals surface area contributed by atoms with Crippen molar-refractivity contribution in [1.82, 2.24) is 0 Å². The molecule has 9 aromatic rings. The summed E-state index contributed by atoms with van der Waals surface area (Å²) < 4.78 is 13.8. The van der Waals surface area contributed by atoms with E-state index in [4.69, 9.17) is 9.47 Å². The van der Waals surface area contributed by atoms with Gasteiger partial charge in [-0.25, -0.2) is 0 Å². The van der Waals surface area contributed by atoms with Crippen molar-refractivity contribution in [3.63, 3.8) is 0 Å². The molecule has 0 amide bonds. The van der Waals surface area contributed by atoms with E-state index in [-0.39, 0.29) is 18.5 Å². The normalized spacial score (nSPS) is 23.3. The Bertz CT molecular complexity index is 2580. The lowest BCUT2D eigenvalue weighted by molar-refractivity contribution is -0.0693. The largest absolute Gasteiger partial charge is 0.337 e. The highest BCUT2D eigenvalue weighted by atomic mass is 16.7. The number of rotatable bonds is 1. The smallest absolute Gasteiger partial charge is 0.185 e. The van der Waals surface area contributed by atoms with E-state index in [0.717, 1.165) is 18.4 Å². The van der Waals surface area contributed by atoms with Gasteiger partial charge < -0.3 is 9.47 Å². The highest BCUT2D eigenvalue weighted by Gasteiger charge is 2.47. The van der Waals surface area contributed by atoms with Crippen molar-refractivity contribution in [2.75, 3.05) is 0 Å². The summed E-state index contributed by atoms with van der Waals surface area (Å²) in [5, 5.41) is 21.7. The summed E-state index contributed by atoms with van der Waals surface area (Å²) in [5.74, 6) is 0. The second kappa shape index (κ2) is 5.48. The lowest BCUT2D eigenvalue weighted by atomic mass is 9.83. The molecule has 41 heavy (non-hydrogen) atoms. The van der Waals surface area contributed by atoms with Gasteiger partial charge in [0.1, 0.15) is 12.2 Å². The van der Waals surface area contributed by atoms with Crippen LogP contribution in [0.25, 0.3) is 75.4 Å². The molecule has 2 unspecified atom stereocenters. The maximum Gasteiger partial charge on any atom is 0.185 e. The average molecular weight is 521 g/mol. The van der Waals surface area contributed by atoms with E-state index in [1.165, 1.54) is 56.6 Å². The SMILES string of the molecule is c1ccc(C2OC3c4cc5c6c7c(cc8c9c%10c(cc%11c%12c%13c(cc(c%14c4c6c(c%13%14)c(c97)c%10%12)C3O2)C%11)CC8)C5)cc1. The lowest BCUT2D eigenvalue weighted by Crippen LogP contribution is -2.12. The second-order valence-electron chi connectivity index (χ2n) is 13.6. The van der Waals surface area contributed by atoms with Crippen LogP contribution in [0, 0.1) is 0 Å². The van der Waals surface area contributed by atoms with Gasteiger partial charge in [-0.3, -0.25) is 0 Å². The summed E-state index contributed by atoms with van der Waals surface area (Å²) in [7, 11) is 0. The molecule has 9 aromatic carbocycles. The maximum absolute atomic E-state index is 6.91. The minimum atomic E-state index is -0.344.